The maximum Gasteiger partial charge on any atom is 0.418 e. The molecule has 0 spiro atoms. The number of benzene rings is 2. The SMILES string of the molecule is CCN1CCN(c2ccc(NC(=O)c3cc(OC)cc(C(N)=O)c3)cc2C(F)(F)F)CC1. The molecule has 3 N–H and O–H groups in total. The monoisotopic (exact) mass is 450 g/mol. The predicted octanol–water partition coefficient (Wildman–Crippen LogP) is 3.21. The fourth-order valence-corrected chi connectivity index (χ4v) is 3.62. The molecule has 1 fully saturated rings. The van der Waals surface area contributed by atoms with Crippen molar-refractivity contribution < 1.29 is 27.5 Å². The van der Waals surface area contributed by atoms with Gasteiger partial charge in [0.15, 0.2) is 0 Å². The Balaban J connectivity index is 1.87. The van der Waals surface area contributed by atoms with Crippen molar-refractivity contribution in [1.82, 2.24) is 4.90 Å². The molecule has 10 heteroatoms. The average Bonchev–Trinajstić information content (AvgIpc) is 2.78. The summed E-state index contributed by atoms with van der Waals surface area (Å²) in [6.45, 7) is 5.22. The molecular weight excluding hydrogens is 425 g/mol. The maximum atomic E-state index is 13.8. The first-order chi connectivity index (χ1) is 15.1. The zero-order valence-electron chi connectivity index (χ0n) is 17.8. The van der Waals surface area contributed by atoms with Gasteiger partial charge in [0.05, 0.1) is 12.7 Å². The second-order valence-electron chi connectivity index (χ2n) is 7.42. The van der Waals surface area contributed by atoms with Crippen LogP contribution in [0, 0.1) is 0 Å². The second-order valence-corrected chi connectivity index (χ2v) is 7.42. The van der Waals surface area contributed by atoms with E-state index in [0.717, 1.165) is 12.6 Å². The third kappa shape index (κ3) is 5.31. The summed E-state index contributed by atoms with van der Waals surface area (Å²) in [7, 11) is 1.36. The fourth-order valence-electron chi connectivity index (χ4n) is 3.62. The molecule has 0 radical (unpaired) electrons. The lowest BCUT2D eigenvalue weighted by Gasteiger charge is -2.36. The number of halogens is 3. The number of ether oxygens (including phenoxy) is 1. The second kappa shape index (κ2) is 9.47. The highest BCUT2D eigenvalue weighted by atomic mass is 19.4. The standard InChI is InChI=1S/C22H25F3N4O3/c1-3-28-6-8-29(9-7-28)19-5-4-16(13-18(19)22(23,24)25)27-21(31)15-10-14(20(26)30)11-17(12-15)32-2/h4-5,10-13H,3,6-9H2,1-2H3,(H2,26,30)(H,27,31). The van der Waals surface area contributed by atoms with E-state index < -0.39 is 23.6 Å². The molecule has 0 aromatic heterocycles. The van der Waals surface area contributed by atoms with Crippen LogP contribution in [0.1, 0.15) is 33.2 Å². The lowest BCUT2D eigenvalue weighted by molar-refractivity contribution is -0.137. The Hall–Kier alpha value is -3.27. The van der Waals surface area contributed by atoms with Gasteiger partial charge in [0.2, 0.25) is 5.91 Å². The van der Waals surface area contributed by atoms with Crippen LogP contribution < -0.4 is 20.7 Å². The molecule has 7 nitrogen and oxygen atoms in total. The van der Waals surface area contributed by atoms with E-state index in [1.807, 2.05) is 6.92 Å². The highest BCUT2D eigenvalue weighted by molar-refractivity contribution is 6.06. The van der Waals surface area contributed by atoms with Crippen LogP contribution >= 0.6 is 0 Å². The Bertz CT molecular complexity index is 1000. The number of amides is 2. The van der Waals surface area contributed by atoms with Crippen LogP contribution in [-0.2, 0) is 6.18 Å². The number of likely N-dealkylation sites (N-methyl/N-ethyl adjacent to an activating group) is 1. The van der Waals surface area contributed by atoms with E-state index in [9.17, 15) is 22.8 Å². The first-order valence-electron chi connectivity index (χ1n) is 10.1. The first kappa shape index (κ1) is 23.4. The maximum absolute atomic E-state index is 13.8. The van der Waals surface area contributed by atoms with Crippen LogP contribution in [-0.4, -0.2) is 56.5 Å². The number of rotatable bonds is 6. The Morgan fingerprint density at radius 2 is 1.72 bits per heavy atom. The number of anilines is 2. The van der Waals surface area contributed by atoms with Gasteiger partial charge in [-0.1, -0.05) is 6.92 Å². The Kier molecular flexibility index (Phi) is 6.93. The fraction of sp³-hybridized carbons (Fsp3) is 0.364. The number of hydrogen-bond donors (Lipinski definition) is 2. The molecule has 2 aromatic rings. The average molecular weight is 450 g/mol. The van der Waals surface area contributed by atoms with E-state index in [0.29, 0.717) is 26.2 Å². The van der Waals surface area contributed by atoms with Crippen LogP contribution in [0.3, 0.4) is 0 Å². The van der Waals surface area contributed by atoms with E-state index in [1.54, 1.807) is 4.90 Å². The van der Waals surface area contributed by atoms with Crippen molar-refractivity contribution in [3.63, 3.8) is 0 Å². The minimum absolute atomic E-state index is 0.0123. The van der Waals surface area contributed by atoms with Crippen LogP contribution in [0.25, 0.3) is 0 Å². The topological polar surface area (TPSA) is 87.9 Å². The lowest BCUT2D eigenvalue weighted by Crippen LogP contribution is -2.46. The van der Waals surface area contributed by atoms with E-state index in [4.69, 9.17) is 10.5 Å². The van der Waals surface area contributed by atoms with Gasteiger partial charge in [-0.3, -0.25) is 9.59 Å². The summed E-state index contributed by atoms with van der Waals surface area (Å²) in [5, 5.41) is 2.46. The third-order valence-corrected chi connectivity index (χ3v) is 5.41. The summed E-state index contributed by atoms with van der Waals surface area (Å²) >= 11 is 0. The molecule has 0 unspecified atom stereocenters. The van der Waals surface area contributed by atoms with Gasteiger partial charge in [-0.05, 0) is 42.9 Å². The number of methoxy groups -OCH3 is 1. The zero-order valence-corrected chi connectivity index (χ0v) is 17.8. The van der Waals surface area contributed by atoms with Crippen molar-refractivity contribution >= 4 is 23.2 Å². The molecule has 0 aliphatic carbocycles. The van der Waals surface area contributed by atoms with Gasteiger partial charge in [0, 0.05) is 48.7 Å². The summed E-state index contributed by atoms with van der Waals surface area (Å²) in [4.78, 5) is 28.0. The number of nitrogens with two attached hydrogens (primary N) is 1. The molecule has 0 bridgehead atoms. The summed E-state index contributed by atoms with van der Waals surface area (Å²) in [5.74, 6) is -1.22. The number of carbonyl (C=O) groups is 2. The van der Waals surface area contributed by atoms with Crippen molar-refractivity contribution in [2.45, 2.75) is 13.1 Å². The molecule has 3 rings (SSSR count). The molecule has 1 heterocycles. The van der Waals surface area contributed by atoms with Crippen molar-refractivity contribution in [2.24, 2.45) is 5.73 Å². The molecule has 1 aliphatic rings. The van der Waals surface area contributed by atoms with Gasteiger partial charge in [0.25, 0.3) is 5.91 Å². The molecule has 2 aromatic carbocycles. The summed E-state index contributed by atoms with van der Waals surface area (Å²) in [6, 6.07) is 7.73. The summed E-state index contributed by atoms with van der Waals surface area (Å²) in [6.07, 6.45) is -4.59. The van der Waals surface area contributed by atoms with Crippen molar-refractivity contribution in [3.05, 3.63) is 53.1 Å². The van der Waals surface area contributed by atoms with Crippen molar-refractivity contribution in [3.8, 4) is 5.75 Å². The number of primary amides is 1. The molecular formula is C22H25F3N4O3. The van der Waals surface area contributed by atoms with E-state index >= 15 is 0 Å². The first-order valence-corrected chi connectivity index (χ1v) is 10.1. The smallest absolute Gasteiger partial charge is 0.418 e. The Labute approximate surface area is 183 Å². The number of carbonyl (C=O) groups excluding carboxylic acids is 2. The number of nitrogens with zero attached hydrogens (tertiary/aromatic N) is 2. The van der Waals surface area contributed by atoms with Crippen LogP contribution in [0.5, 0.6) is 5.75 Å². The molecule has 172 valence electrons. The van der Waals surface area contributed by atoms with Crippen LogP contribution in [0.4, 0.5) is 24.5 Å². The van der Waals surface area contributed by atoms with Crippen molar-refractivity contribution in [1.29, 1.82) is 0 Å². The van der Waals surface area contributed by atoms with Gasteiger partial charge in [0.1, 0.15) is 5.75 Å². The normalized spacial score (nSPS) is 14.8. The van der Waals surface area contributed by atoms with Crippen LogP contribution in [0.15, 0.2) is 36.4 Å². The highest BCUT2D eigenvalue weighted by Crippen LogP contribution is 2.38. The van der Waals surface area contributed by atoms with Gasteiger partial charge in [-0.15, -0.1) is 0 Å². The molecule has 1 aliphatic heterocycles. The van der Waals surface area contributed by atoms with Gasteiger partial charge < -0.3 is 25.6 Å². The number of alkyl halides is 3. The van der Waals surface area contributed by atoms with E-state index in [2.05, 4.69) is 10.2 Å². The predicted molar refractivity (Wildman–Crippen MR) is 115 cm³/mol. The minimum atomic E-state index is -4.59. The molecule has 1 saturated heterocycles. The largest absolute Gasteiger partial charge is 0.497 e. The number of piperazine rings is 1. The number of nitrogens with one attached hydrogen (secondary N) is 1. The van der Waals surface area contributed by atoms with E-state index in [1.165, 1.54) is 37.4 Å². The molecule has 32 heavy (non-hydrogen) atoms. The van der Waals surface area contributed by atoms with E-state index in [-0.39, 0.29) is 28.3 Å². The quantitative estimate of drug-likeness (QED) is 0.706. The Morgan fingerprint density at radius 3 is 2.28 bits per heavy atom. The van der Waals surface area contributed by atoms with Gasteiger partial charge in [-0.25, -0.2) is 0 Å². The van der Waals surface area contributed by atoms with Gasteiger partial charge >= 0.3 is 6.18 Å². The van der Waals surface area contributed by atoms with Crippen molar-refractivity contribution in [2.75, 3.05) is 50.1 Å². The third-order valence-electron chi connectivity index (χ3n) is 5.41. The van der Waals surface area contributed by atoms with Crippen LogP contribution in [0.2, 0.25) is 0 Å². The molecule has 2 amide bonds. The van der Waals surface area contributed by atoms with Gasteiger partial charge in [-0.2, -0.15) is 13.2 Å². The minimum Gasteiger partial charge on any atom is -0.497 e. The Morgan fingerprint density at radius 1 is 1.06 bits per heavy atom. The number of hydrogen-bond acceptors (Lipinski definition) is 5. The summed E-state index contributed by atoms with van der Waals surface area (Å²) < 4.78 is 46.5. The molecule has 0 atom stereocenters. The molecule has 0 saturated carbocycles. The highest BCUT2D eigenvalue weighted by Gasteiger charge is 2.36. The zero-order chi connectivity index (χ0) is 23.5. The lowest BCUT2D eigenvalue weighted by atomic mass is 10.1. The summed E-state index contributed by atoms with van der Waals surface area (Å²) in [5.41, 5.74) is 4.61.